The summed E-state index contributed by atoms with van der Waals surface area (Å²) in [5.74, 6) is 0.196. The molecule has 0 amide bonds. The van der Waals surface area contributed by atoms with Crippen molar-refractivity contribution in [3.8, 4) is 0 Å². The van der Waals surface area contributed by atoms with Crippen LogP contribution in [0.25, 0.3) is 0 Å². The Labute approximate surface area is 211 Å². The fourth-order valence-electron chi connectivity index (χ4n) is 5.02. The van der Waals surface area contributed by atoms with Gasteiger partial charge in [-0.05, 0) is 53.6 Å². The van der Waals surface area contributed by atoms with Gasteiger partial charge in [-0.2, -0.15) is 0 Å². The molecule has 1 atom stereocenters. The summed E-state index contributed by atoms with van der Waals surface area (Å²) >= 11 is 0. The topological polar surface area (TPSA) is 55.4 Å². The molecule has 35 heavy (non-hydrogen) atoms. The first-order valence-corrected chi connectivity index (χ1v) is 14.6. The summed E-state index contributed by atoms with van der Waals surface area (Å²) in [5.41, 5.74) is 1.02. The summed E-state index contributed by atoms with van der Waals surface area (Å²) in [6.07, 6.45) is 11.0. The van der Waals surface area contributed by atoms with Crippen LogP contribution in [0.2, 0.25) is 5.04 Å². The SMILES string of the molecule is CC(C)(C)[Si](OCC[C@H](CC/C=C/C=O)NC1=CC(=O)CCC1)(c1ccccc1)c1ccccc1. The lowest BCUT2D eigenvalue weighted by Gasteiger charge is -2.43. The summed E-state index contributed by atoms with van der Waals surface area (Å²) in [7, 11) is -2.58. The molecule has 4 nitrogen and oxygen atoms in total. The molecular formula is C30H39NO3Si. The van der Waals surface area contributed by atoms with E-state index in [0.717, 1.165) is 44.1 Å². The van der Waals surface area contributed by atoms with E-state index in [-0.39, 0.29) is 16.9 Å². The lowest BCUT2D eigenvalue weighted by atomic mass is 10.0. The molecule has 0 fully saturated rings. The highest BCUT2D eigenvalue weighted by Gasteiger charge is 2.50. The van der Waals surface area contributed by atoms with E-state index in [1.807, 2.05) is 6.08 Å². The first-order valence-electron chi connectivity index (χ1n) is 12.7. The number of hydrogen-bond donors (Lipinski definition) is 1. The summed E-state index contributed by atoms with van der Waals surface area (Å²) in [4.78, 5) is 22.6. The van der Waals surface area contributed by atoms with Gasteiger partial charge >= 0.3 is 0 Å². The van der Waals surface area contributed by atoms with Crippen molar-refractivity contribution in [2.24, 2.45) is 0 Å². The number of aldehydes is 1. The van der Waals surface area contributed by atoms with Crippen molar-refractivity contribution in [1.82, 2.24) is 5.32 Å². The van der Waals surface area contributed by atoms with Crippen LogP contribution in [-0.4, -0.2) is 33.0 Å². The quantitative estimate of drug-likeness (QED) is 0.257. The van der Waals surface area contributed by atoms with Crippen LogP contribution in [-0.2, 0) is 14.0 Å². The molecule has 0 aromatic heterocycles. The molecule has 0 aliphatic heterocycles. The van der Waals surface area contributed by atoms with Gasteiger partial charge in [-0.25, -0.2) is 0 Å². The van der Waals surface area contributed by atoms with E-state index in [4.69, 9.17) is 4.43 Å². The van der Waals surface area contributed by atoms with Crippen molar-refractivity contribution < 1.29 is 14.0 Å². The molecule has 0 bridgehead atoms. The van der Waals surface area contributed by atoms with Gasteiger partial charge in [0.05, 0.1) is 0 Å². The van der Waals surface area contributed by atoms with Gasteiger partial charge in [0.2, 0.25) is 0 Å². The van der Waals surface area contributed by atoms with Gasteiger partial charge in [0.15, 0.2) is 5.78 Å². The Balaban J connectivity index is 1.84. The molecule has 2 aromatic rings. The third kappa shape index (κ3) is 7.12. The van der Waals surface area contributed by atoms with E-state index in [0.29, 0.717) is 13.0 Å². The smallest absolute Gasteiger partial charge is 0.261 e. The standard InChI is InChI=1S/C30H39NO3Si/c1-30(2,3)35(28-17-8-4-9-18-28,29-19-10-5-11-20-29)34-23-21-25(14-7-6-12-22-32)31-26-15-13-16-27(33)24-26/h4-6,8-12,17-20,22,24-25,31H,7,13-16,21,23H2,1-3H3/b12-6+/t25-/m0/s1. The summed E-state index contributed by atoms with van der Waals surface area (Å²) in [6.45, 7) is 7.48. The number of carbonyl (C=O) groups is 2. The van der Waals surface area contributed by atoms with Crippen LogP contribution >= 0.6 is 0 Å². The lowest BCUT2D eigenvalue weighted by molar-refractivity contribution is -0.115. The van der Waals surface area contributed by atoms with Crippen molar-refractivity contribution in [2.45, 2.75) is 70.4 Å². The molecular weight excluding hydrogens is 450 g/mol. The van der Waals surface area contributed by atoms with Gasteiger partial charge < -0.3 is 9.74 Å². The van der Waals surface area contributed by atoms with Gasteiger partial charge in [0, 0.05) is 30.8 Å². The molecule has 186 valence electrons. The number of hydrogen-bond acceptors (Lipinski definition) is 4. The summed E-state index contributed by atoms with van der Waals surface area (Å²) in [6, 6.07) is 21.5. The highest BCUT2D eigenvalue weighted by Crippen LogP contribution is 2.37. The second kappa shape index (κ2) is 12.8. The predicted octanol–water partition coefficient (Wildman–Crippen LogP) is 5.08. The number of benzene rings is 2. The Morgan fingerprint density at radius 2 is 1.60 bits per heavy atom. The van der Waals surface area contributed by atoms with E-state index in [2.05, 4.69) is 86.8 Å². The molecule has 0 spiro atoms. The van der Waals surface area contributed by atoms with Gasteiger partial charge in [0.25, 0.3) is 8.32 Å². The Morgan fingerprint density at radius 1 is 0.971 bits per heavy atom. The summed E-state index contributed by atoms with van der Waals surface area (Å²) in [5, 5.41) is 6.11. The van der Waals surface area contributed by atoms with Crippen LogP contribution in [0.5, 0.6) is 0 Å². The first-order chi connectivity index (χ1) is 16.9. The fraction of sp³-hybridized carbons (Fsp3) is 0.400. The second-order valence-electron chi connectivity index (χ2n) is 10.3. The van der Waals surface area contributed by atoms with Gasteiger partial charge in [-0.3, -0.25) is 9.59 Å². The Kier molecular flexibility index (Phi) is 9.81. The maximum Gasteiger partial charge on any atom is 0.261 e. The predicted molar refractivity (Wildman–Crippen MR) is 146 cm³/mol. The summed E-state index contributed by atoms with van der Waals surface area (Å²) < 4.78 is 7.07. The Morgan fingerprint density at radius 3 is 2.14 bits per heavy atom. The Hall–Kier alpha value is -2.76. The normalized spacial score (nSPS) is 15.6. The zero-order valence-electron chi connectivity index (χ0n) is 21.3. The van der Waals surface area contributed by atoms with Crippen LogP contribution in [0, 0.1) is 0 Å². The van der Waals surface area contributed by atoms with Crippen molar-refractivity contribution in [2.75, 3.05) is 6.61 Å². The second-order valence-corrected chi connectivity index (χ2v) is 14.6. The maximum atomic E-state index is 11.9. The molecule has 1 aliphatic rings. The molecule has 1 aliphatic carbocycles. The molecule has 0 heterocycles. The average molecular weight is 490 g/mol. The minimum Gasteiger partial charge on any atom is -0.407 e. The van der Waals surface area contributed by atoms with Gasteiger partial charge in [-0.1, -0.05) is 87.5 Å². The number of allylic oxidation sites excluding steroid dienone is 4. The molecule has 1 N–H and O–H groups in total. The van der Waals surface area contributed by atoms with E-state index in [1.165, 1.54) is 10.4 Å². The first kappa shape index (κ1) is 26.8. The average Bonchev–Trinajstić information content (AvgIpc) is 2.84. The van der Waals surface area contributed by atoms with E-state index < -0.39 is 8.32 Å². The fourth-order valence-corrected chi connectivity index (χ4v) is 9.60. The van der Waals surface area contributed by atoms with E-state index in [1.54, 1.807) is 12.2 Å². The van der Waals surface area contributed by atoms with Crippen LogP contribution in [0.15, 0.2) is 84.6 Å². The van der Waals surface area contributed by atoms with E-state index in [9.17, 15) is 9.59 Å². The highest BCUT2D eigenvalue weighted by molar-refractivity contribution is 6.99. The van der Waals surface area contributed by atoms with Crippen LogP contribution in [0.3, 0.4) is 0 Å². The minimum atomic E-state index is -2.58. The number of carbonyl (C=O) groups excluding carboxylic acids is 2. The zero-order valence-corrected chi connectivity index (χ0v) is 22.3. The molecule has 3 rings (SSSR count). The van der Waals surface area contributed by atoms with Crippen LogP contribution in [0.1, 0.15) is 59.3 Å². The highest BCUT2D eigenvalue weighted by atomic mass is 28.4. The van der Waals surface area contributed by atoms with E-state index >= 15 is 0 Å². The zero-order chi connectivity index (χ0) is 25.2. The lowest BCUT2D eigenvalue weighted by Crippen LogP contribution is -2.66. The van der Waals surface area contributed by atoms with Crippen LogP contribution < -0.4 is 15.7 Å². The number of nitrogens with one attached hydrogen (secondary N) is 1. The minimum absolute atomic E-state index is 0.0658. The van der Waals surface area contributed by atoms with Gasteiger partial charge in [0.1, 0.15) is 6.29 Å². The largest absolute Gasteiger partial charge is 0.407 e. The monoisotopic (exact) mass is 489 g/mol. The number of ketones is 1. The Bertz CT molecular complexity index is 969. The van der Waals surface area contributed by atoms with Crippen molar-refractivity contribution in [3.05, 3.63) is 84.6 Å². The molecule has 0 saturated carbocycles. The van der Waals surface area contributed by atoms with Crippen molar-refractivity contribution >= 4 is 30.8 Å². The molecule has 0 unspecified atom stereocenters. The molecule has 5 heteroatoms. The van der Waals surface area contributed by atoms with Gasteiger partial charge in [-0.15, -0.1) is 0 Å². The molecule has 0 radical (unpaired) electrons. The molecule has 0 saturated heterocycles. The van der Waals surface area contributed by atoms with Crippen LogP contribution in [0.4, 0.5) is 0 Å². The third-order valence-corrected chi connectivity index (χ3v) is 11.7. The third-order valence-electron chi connectivity index (χ3n) is 6.69. The number of rotatable bonds is 12. The molecule has 2 aromatic carbocycles. The van der Waals surface area contributed by atoms with Crippen molar-refractivity contribution in [3.63, 3.8) is 0 Å². The maximum absolute atomic E-state index is 11.9. The van der Waals surface area contributed by atoms with Crippen molar-refractivity contribution in [1.29, 1.82) is 0 Å².